The van der Waals surface area contributed by atoms with Gasteiger partial charge in [0, 0.05) is 27.0 Å². The van der Waals surface area contributed by atoms with Gasteiger partial charge in [-0.3, -0.25) is 9.59 Å². The fraction of sp³-hybridized carbons (Fsp3) is 0.676. The molecule has 1 aromatic rings. The third kappa shape index (κ3) is 18.0. The maximum atomic E-state index is 11.3. The van der Waals surface area contributed by atoms with Gasteiger partial charge in [0.2, 0.25) is 0 Å². The molecule has 6 aliphatic heterocycles. The Labute approximate surface area is 351 Å². The monoisotopic (exact) mass is 987 g/mol. The molecule has 1 N–H and O–H groups in total. The molecule has 273 valence electrons. The van der Waals surface area contributed by atoms with Crippen molar-refractivity contribution in [3.05, 3.63) is 49.5 Å². The number of carbonyl (C=O) groups excluding carboxylic acids is 3. The van der Waals surface area contributed by atoms with Gasteiger partial charge >= 0.3 is 97.1 Å². The Morgan fingerprint density at radius 2 is 1.38 bits per heavy atom. The van der Waals surface area contributed by atoms with Crippen molar-refractivity contribution in [1.82, 2.24) is 0 Å². The van der Waals surface area contributed by atoms with E-state index in [0.29, 0.717) is 50.7 Å². The molecule has 1 aromatic heterocycles. The Morgan fingerprint density at radius 3 is 1.68 bits per heavy atom. The third-order valence-electron chi connectivity index (χ3n) is 8.36. The van der Waals surface area contributed by atoms with E-state index in [0.717, 1.165) is 38.2 Å². The summed E-state index contributed by atoms with van der Waals surface area (Å²) in [7, 11) is 0.0650. The summed E-state index contributed by atoms with van der Waals surface area (Å²) in [6, 6.07) is 3.67. The quantitative estimate of drug-likeness (QED) is 0.108. The summed E-state index contributed by atoms with van der Waals surface area (Å²) >= 11 is 4.93. The molecule has 16 heteroatoms. The number of ether oxygens (including phenoxy) is 6. The first-order chi connectivity index (χ1) is 23.2. The van der Waals surface area contributed by atoms with Crippen molar-refractivity contribution in [1.29, 1.82) is 0 Å². The summed E-state index contributed by atoms with van der Waals surface area (Å²) in [5.74, 6) is -0.103. The number of halogens is 2. The smallest absolute Gasteiger partial charge is 0.473 e. The molecule has 0 aromatic carbocycles. The first kappa shape index (κ1) is 50.2. The van der Waals surface area contributed by atoms with Crippen LogP contribution >= 0.6 is 39.5 Å². The van der Waals surface area contributed by atoms with Crippen molar-refractivity contribution < 1.29 is 93.4 Å². The Morgan fingerprint density at radius 1 is 0.840 bits per heavy atom. The molecule has 0 spiro atoms. The second-order valence-electron chi connectivity index (χ2n) is 11.5. The zero-order valence-corrected chi connectivity index (χ0v) is 39.1. The van der Waals surface area contributed by atoms with Crippen LogP contribution in [0, 0.1) is 17.8 Å². The van der Waals surface area contributed by atoms with E-state index in [1.165, 1.54) is 12.8 Å². The molecule has 5 saturated heterocycles. The zero-order chi connectivity index (χ0) is 35.3. The van der Waals surface area contributed by atoms with E-state index < -0.39 is 0 Å². The fourth-order valence-corrected chi connectivity index (χ4v) is 6.25. The van der Waals surface area contributed by atoms with Gasteiger partial charge in [0.05, 0.1) is 80.8 Å². The maximum absolute atomic E-state index is 11.3. The maximum Gasteiger partial charge on any atom is 1.00 e. The van der Waals surface area contributed by atoms with Crippen molar-refractivity contribution in [2.45, 2.75) is 102 Å². The number of carbonyl (C=O) groups is 3. The normalized spacial score (nSPS) is 29.0. The largest absolute Gasteiger partial charge is 1.00 e. The number of aliphatic hydroxyl groups excluding tert-OH is 1. The van der Waals surface area contributed by atoms with Crippen molar-refractivity contribution in [2.24, 2.45) is 17.8 Å². The second kappa shape index (κ2) is 29.5. The number of fused-ring (bicyclic) bond motifs is 6. The van der Waals surface area contributed by atoms with Crippen molar-refractivity contribution in [2.75, 3.05) is 26.4 Å². The molecule has 9 unspecified atom stereocenters. The predicted octanol–water partition coefficient (Wildman–Crippen LogP) is 3.08. The average molecular weight is 989 g/mol. The van der Waals surface area contributed by atoms with Crippen LogP contribution in [0.25, 0.3) is 0 Å². The third-order valence-corrected chi connectivity index (χ3v) is 8.36. The molecule has 6 bridgehead atoms. The molecule has 50 heavy (non-hydrogen) atoms. The second-order valence-corrected chi connectivity index (χ2v) is 35.0. The molecule has 7 rings (SSSR count). The van der Waals surface area contributed by atoms with E-state index in [2.05, 4.69) is 55.2 Å². The first-order valence-electron chi connectivity index (χ1n) is 16.7. The van der Waals surface area contributed by atoms with Gasteiger partial charge in [-0.2, -0.15) is 0 Å². The molecular weight excluding hydrogens is 937 g/mol. The van der Waals surface area contributed by atoms with E-state index in [9.17, 15) is 14.4 Å². The van der Waals surface area contributed by atoms with Gasteiger partial charge in [-0.15, -0.1) is 0 Å². The molecule has 11 nitrogen and oxygen atoms in total. The molecule has 7 heterocycles. The van der Waals surface area contributed by atoms with Crippen LogP contribution in [-0.2, 0) is 52.9 Å². The van der Waals surface area contributed by atoms with E-state index in [4.69, 9.17) is 28.8 Å². The predicted molar refractivity (Wildman–Crippen MR) is 199 cm³/mol. The molecular formula is C34H51BI2NaO11Zn. The Hall–Kier alpha value is 0.158. The first-order valence-corrected chi connectivity index (χ1v) is 34.8. The van der Waals surface area contributed by atoms with Crippen LogP contribution in [-0.4, -0.2) is 94.5 Å². The van der Waals surface area contributed by atoms with Crippen LogP contribution < -0.4 is 29.6 Å². The molecule has 0 amide bonds. The summed E-state index contributed by atoms with van der Waals surface area (Å²) in [6.07, 6.45) is 17.2. The molecule has 5 fully saturated rings. The van der Waals surface area contributed by atoms with Crippen LogP contribution in [0.2, 0.25) is 0 Å². The number of hydrogen-bond acceptors (Lipinski definition) is 11. The molecule has 3 radical (unpaired) electrons. The number of esters is 3. The van der Waals surface area contributed by atoms with Gasteiger partial charge in [-0.1, -0.05) is 18.7 Å². The SMILES string of the molecule is C=CC(=O)OCC.CCOC(=O)C1CC2C=CC1O2.CCOC(=O)C1CC2CCC1O2.OCC1CC2CCC1O2.[B].[H-].[I][Zn][I].[Na+].c1ccoc1. The van der Waals surface area contributed by atoms with Crippen LogP contribution in [0.1, 0.15) is 67.1 Å². The van der Waals surface area contributed by atoms with Crippen LogP contribution in [0.5, 0.6) is 0 Å². The minimum absolute atomic E-state index is 0. The van der Waals surface area contributed by atoms with Crippen molar-refractivity contribution in [3.63, 3.8) is 0 Å². The van der Waals surface area contributed by atoms with Crippen molar-refractivity contribution >= 4 is 65.8 Å². The van der Waals surface area contributed by atoms with Gasteiger partial charge in [-0.05, 0) is 77.8 Å². The van der Waals surface area contributed by atoms with Crippen molar-refractivity contribution in [3.8, 4) is 0 Å². The standard InChI is InChI=1S/C9H14O3.C9H12O3.C7H12O2.C5H8O2.C4H4O.B.2HI.Na.Zn.H/c2*1-2-11-9(10)7-5-6-3-4-8(7)12-6;8-4-5-3-6-1-2-7(5)9-6;1-3-5(6)7-4-2;1-2-4-5-3-1;;;;;;/h6-8H,2-5H2,1H3;3-4,6-8H,2,5H2,1H3;5-8H,1-4H2;3H,1,4H2,2H3;1-4H;;2*1H;;;/q;;;;;;;;+1;+2;-1/p-2. The van der Waals surface area contributed by atoms with E-state index in [1.807, 2.05) is 38.1 Å². The number of aliphatic hydroxyl groups is 1. The summed E-state index contributed by atoms with van der Waals surface area (Å²) in [4.78, 5) is 32.7. The van der Waals surface area contributed by atoms with Crippen LogP contribution in [0.4, 0.5) is 0 Å². The van der Waals surface area contributed by atoms with Crippen LogP contribution in [0.3, 0.4) is 0 Å². The Kier molecular flexibility index (Phi) is 29.6. The summed E-state index contributed by atoms with van der Waals surface area (Å²) in [5, 5.41) is 8.81. The molecule has 9 atom stereocenters. The van der Waals surface area contributed by atoms with E-state index in [1.54, 1.807) is 19.5 Å². The van der Waals surface area contributed by atoms with E-state index >= 15 is 0 Å². The zero-order valence-electron chi connectivity index (χ0n) is 30.8. The Bertz CT molecular complexity index is 1090. The average Bonchev–Trinajstić information content (AvgIpc) is 3.96. The molecule has 0 saturated carbocycles. The summed E-state index contributed by atoms with van der Waals surface area (Å²) in [5.41, 5.74) is 0. The minimum atomic E-state index is -0.359. The fourth-order valence-electron chi connectivity index (χ4n) is 6.25. The number of furan rings is 1. The van der Waals surface area contributed by atoms with E-state index in [-0.39, 0.29) is 97.6 Å². The van der Waals surface area contributed by atoms with Gasteiger partial charge in [-0.25, -0.2) is 4.79 Å². The summed E-state index contributed by atoms with van der Waals surface area (Å²) < 4.78 is 35.4. The summed E-state index contributed by atoms with van der Waals surface area (Å²) in [6.45, 7) is 10.3. The molecule has 6 aliphatic rings. The number of hydrogen-bond donors (Lipinski definition) is 1. The van der Waals surface area contributed by atoms with Gasteiger partial charge < -0.3 is 39.4 Å². The number of rotatable bonds is 7. The minimum Gasteiger partial charge on any atom is -0.473 e. The molecule has 0 aliphatic carbocycles. The van der Waals surface area contributed by atoms with Gasteiger partial charge in [0.1, 0.15) is 0 Å². The van der Waals surface area contributed by atoms with Crippen LogP contribution in [0.15, 0.2) is 53.9 Å². The Balaban J connectivity index is 0. The van der Waals surface area contributed by atoms with Gasteiger partial charge in [0.25, 0.3) is 0 Å². The topological polar surface area (TPSA) is 140 Å². The van der Waals surface area contributed by atoms with Gasteiger partial charge in [0.15, 0.2) is 0 Å².